The molecule has 0 amide bonds. The van der Waals surface area contributed by atoms with Gasteiger partial charge in [0.2, 0.25) is 0 Å². The van der Waals surface area contributed by atoms with Crippen molar-refractivity contribution >= 4 is 11.6 Å². The number of rotatable bonds is 1. The van der Waals surface area contributed by atoms with Gasteiger partial charge in [0, 0.05) is 11.3 Å². The Bertz CT molecular complexity index is 348. The number of halogens is 1. The quantitative estimate of drug-likeness (QED) is 0.672. The van der Waals surface area contributed by atoms with E-state index in [0.29, 0.717) is 18.4 Å². The normalized spacial score (nSPS) is 17.6. The topological polar surface area (TPSA) is 31.4 Å². The molecule has 0 N–H and O–H groups in total. The third-order valence-corrected chi connectivity index (χ3v) is 2.63. The second-order valence-corrected chi connectivity index (χ2v) is 3.70. The first-order chi connectivity index (χ1) is 6.68. The number of aryl methyl sites for hydroxylation is 2. The highest BCUT2D eigenvalue weighted by Gasteiger charge is 2.22. The summed E-state index contributed by atoms with van der Waals surface area (Å²) in [6.45, 7) is 5.17. The fourth-order valence-electron chi connectivity index (χ4n) is 1.40. The van der Waals surface area contributed by atoms with Crippen LogP contribution < -0.4 is 0 Å². The highest BCUT2D eigenvalue weighted by atomic mass is 35.5. The van der Waals surface area contributed by atoms with Gasteiger partial charge in [-0.2, -0.15) is 0 Å². The molecule has 4 heteroatoms. The van der Waals surface area contributed by atoms with Crippen LogP contribution in [0.3, 0.4) is 0 Å². The van der Waals surface area contributed by atoms with E-state index in [1.807, 2.05) is 19.9 Å². The Morgan fingerprint density at radius 1 is 1.36 bits per heavy atom. The van der Waals surface area contributed by atoms with Crippen LogP contribution >= 0.6 is 11.6 Å². The van der Waals surface area contributed by atoms with E-state index in [4.69, 9.17) is 21.1 Å². The van der Waals surface area contributed by atoms with Crippen molar-refractivity contribution in [1.29, 1.82) is 0 Å². The minimum absolute atomic E-state index is 0.339. The highest BCUT2D eigenvalue weighted by Crippen LogP contribution is 2.29. The first-order valence-corrected chi connectivity index (χ1v) is 4.93. The molecule has 0 aliphatic carbocycles. The van der Waals surface area contributed by atoms with Gasteiger partial charge in [0.15, 0.2) is 6.29 Å². The summed E-state index contributed by atoms with van der Waals surface area (Å²) in [5, 5.41) is 0.472. The van der Waals surface area contributed by atoms with E-state index in [1.165, 1.54) is 0 Å². The Kier molecular flexibility index (Phi) is 2.72. The number of ether oxygens (including phenoxy) is 2. The number of nitrogens with zero attached hydrogens (tertiary/aromatic N) is 1. The van der Waals surface area contributed by atoms with Crippen molar-refractivity contribution in [2.75, 3.05) is 13.2 Å². The zero-order valence-electron chi connectivity index (χ0n) is 8.21. The van der Waals surface area contributed by atoms with Crippen molar-refractivity contribution in [1.82, 2.24) is 4.98 Å². The van der Waals surface area contributed by atoms with E-state index in [0.717, 1.165) is 16.8 Å². The molecule has 0 atom stereocenters. The van der Waals surface area contributed by atoms with Gasteiger partial charge in [-0.3, -0.25) is 0 Å². The maximum atomic E-state index is 6.01. The lowest BCUT2D eigenvalue weighted by Gasteiger charge is -2.12. The van der Waals surface area contributed by atoms with Gasteiger partial charge in [-0.1, -0.05) is 11.6 Å². The van der Waals surface area contributed by atoms with Gasteiger partial charge in [-0.25, -0.2) is 4.98 Å². The number of pyridine rings is 1. The molecule has 0 radical (unpaired) electrons. The van der Waals surface area contributed by atoms with Crippen LogP contribution in [0.1, 0.15) is 23.1 Å². The first-order valence-electron chi connectivity index (χ1n) is 4.55. The largest absolute Gasteiger partial charge is 0.346 e. The van der Waals surface area contributed by atoms with Gasteiger partial charge >= 0.3 is 0 Å². The number of hydrogen-bond acceptors (Lipinski definition) is 3. The highest BCUT2D eigenvalue weighted by molar-refractivity contribution is 6.30. The molecule has 3 nitrogen and oxygen atoms in total. The third kappa shape index (κ3) is 1.75. The summed E-state index contributed by atoms with van der Waals surface area (Å²) < 4.78 is 10.7. The summed E-state index contributed by atoms with van der Waals surface area (Å²) in [5.41, 5.74) is 2.87. The zero-order chi connectivity index (χ0) is 10.1. The zero-order valence-corrected chi connectivity index (χ0v) is 8.97. The predicted octanol–water partition coefficient (Wildman–Crippen LogP) is 2.40. The van der Waals surface area contributed by atoms with Crippen LogP contribution in [0.4, 0.5) is 0 Å². The summed E-state index contributed by atoms with van der Waals surface area (Å²) in [4.78, 5) is 4.22. The van der Waals surface area contributed by atoms with Gasteiger partial charge in [0.25, 0.3) is 0 Å². The number of aromatic nitrogens is 1. The molecule has 2 heterocycles. The molecule has 1 aliphatic rings. The van der Waals surface area contributed by atoms with Gasteiger partial charge in [-0.05, 0) is 25.5 Å². The lowest BCUT2D eigenvalue weighted by molar-refractivity contribution is -0.0443. The molecule has 1 fully saturated rings. The van der Waals surface area contributed by atoms with Crippen LogP contribution in [-0.4, -0.2) is 18.2 Å². The molecule has 1 aromatic heterocycles. The van der Waals surface area contributed by atoms with E-state index >= 15 is 0 Å². The van der Waals surface area contributed by atoms with E-state index in [1.54, 1.807) is 0 Å². The summed E-state index contributed by atoms with van der Waals surface area (Å²) >= 11 is 6.01. The monoisotopic (exact) mass is 213 g/mol. The van der Waals surface area contributed by atoms with Crippen molar-refractivity contribution in [2.45, 2.75) is 20.1 Å². The third-order valence-electron chi connectivity index (χ3n) is 2.32. The average molecular weight is 214 g/mol. The second-order valence-electron chi connectivity index (χ2n) is 3.34. The van der Waals surface area contributed by atoms with Crippen LogP contribution in [0.2, 0.25) is 5.15 Å². The lowest BCUT2D eigenvalue weighted by atomic mass is 10.1. The maximum absolute atomic E-state index is 6.01. The molecular formula is C10H12ClNO2. The van der Waals surface area contributed by atoms with Gasteiger partial charge in [0.05, 0.1) is 13.2 Å². The fraction of sp³-hybridized carbons (Fsp3) is 0.500. The summed E-state index contributed by atoms with van der Waals surface area (Å²) in [6.07, 6.45) is -0.339. The lowest BCUT2D eigenvalue weighted by Crippen LogP contribution is -2.02. The van der Waals surface area contributed by atoms with Gasteiger partial charge < -0.3 is 9.47 Å². The molecule has 14 heavy (non-hydrogen) atoms. The Morgan fingerprint density at radius 3 is 2.64 bits per heavy atom. The molecule has 0 aromatic carbocycles. The summed E-state index contributed by atoms with van der Waals surface area (Å²) in [6, 6.07) is 1.97. The average Bonchev–Trinajstić information content (AvgIpc) is 2.64. The smallest absolute Gasteiger partial charge is 0.187 e. The molecule has 1 aliphatic heterocycles. The van der Waals surface area contributed by atoms with Crippen LogP contribution in [-0.2, 0) is 9.47 Å². The second kappa shape index (κ2) is 3.85. The standard InChI is InChI=1S/C10H12ClNO2/c1-6-5-8(9(11)12-7(6)2)10-13-3-4-14-10/h5,10H,3-4H2,1-2H3. The van der Waals surface area contributed by atoms with Gasteiger partial charge in [-0.15, -0.1) is 0 Å². The van der Waals surface area contributed by atoms with Crippen molar-refractivity contribution in [3.63, 3.8) is 0 Å². The summed E-state index contributed by atoms with van der Waals surface area (Å²) in [5.74, 6) is 0. The SMILES string of the molecule is Cc1cc(C2OCCO2)c(Cl)nc1C. The molecule has 2 rings (SSSR count). The molecular weight excluding hydrogens is 202 g/mol. The Hall–Kier alpha value is -0.640. The fourth-order valence-corrected chi connectivity index (χ4v) is 1.67. The van der Waals surface area contributed by atoms with Crippen LogP contribution in [0.25, 0.3) is 0 Å². The molecule has 76 valence electrons. The van der Waals surface area contributed by atoms with E-state index in [9.17, 15) is 0 Å². The summed E-state index contributed by atoms with van der Waals surface area (Å²) in [7, 11) is 0. The minimum Gasteiger partial charge on any atom is -0.346 e. The molecule has 1 aromatic rings. The molecule has 1 saturated heterocycles. The first kappa shape index (κ1) is 9.90. The Labute approximate surface area is 88.0 Å². The number of hydrogen-bond donors (Lipinski definition) is 0. The van der Waals surface area contributed by atoms with E-state index in [-0.39, 0.29) is 6.29 Å². The van der Waals surface area contributed by atoms with Crippen molar-refractivity contribution in [3.8, 4) is 0 Å². The van der Waals surface area contributed by atoms with E-state index in [2.05, 4.69) is 4.98 Å². The van der Waals surface area contributed by atoms with Crippen molar-refractivity contribution in [2.24, 2.45) is 0 Å². The molecule has 0 spiro atoms. The van der Waals surface area contributed by atoms with Gasteiger partial charge in [0.1, 0.15) is 5.15 Å². The maximum Gasteiger partial charge on any atom is 0.187 e. The van der Waals surface area contributed by atoms with Crippen molar-refractivity contribution < 1.29 is 9.47 Å². The molecule has 0 bridgehead atoms. The molecule has 0 unspecified atom stereocenters. The van der Waals surface area contributed by atoms with Crippen LogP contribution in [0.15, 0.2) is 6.07 Å². The van der Waals surface area contributed by atoms with Crippen LogP contribution in [0, 0.1) is 13.8 Å². The van der Waals surface area contributed by atoms with Crippen molar-refractivity contribution in [3.05, 3.63) is 28.0 Å². The predicted molar refractivity (Wildman–Crippen MR) is 53.4 cm³/mol. The van der Waals surface area contributed by atoms with E-state index < -0.39 is 0 Å². The Balaban J connectivity index is 2.37. The molecule has 0 saturated carbocycles. The Morgan fingerprint density at radius 2 is 2.00 bits per heavy atom. The minimum atomic E-state index is -0.339. The van der Waals surface area contributed by atoms with Crippen LogP contribution in [0.5, 0.6) is 0 Å².